The van der Waals surface area contributed by atoms with Crippen LogP contribution in [-0.4, -0.2) is 70.9 Å². The van der Waals surface area contributed by atoms with Gasteiger partial charge in [-0.2, -0.15) is 0 Å². The zero-order valence-corrected chi connectivity index (χ0v) is 72.2. The average Bonchev–Trinajstić information content (AvgIpc) is 1.63. The molecule has 0 bridgehead atoms. The number of Topliss-reactive ketones (excluding diaryl/α,β-unsaturated/α-hetero) is 2. The summed E-state index contributed by atoms with van der Waals surface area (Å²) < 4.78 is 97.6. The summed E-state index contributed by atoms with van der Waals surface area (Å²) in [6.45, 7) is 18.3. The molecule has 0 radical (unpaired) electrons. The van der Waals surface area contributed by atoms with Gasteiger partial charge in [-0.05, 0) is 178 Å². The van der Waals surface area contributed by atoms with Gasteiger partial charge in [0.25, 0.3) is 0 Å². The van der Waals surface area contributed by atoms with Gasteiger partial charge in [0, 0.05) is 64.3 Å². The molecule has 2 amide bonds. The molecule has 0 fully saturated rings. The van der Waals surface area contributed by atoms with E-state index in [9.17, 15) is 58.1 Å². The molecule has 0 heterocycles. The molecule has 7 aromatic carbocycles. The van der Waals surface area contributed by atoms with Crippen LogP contribution in [0.3, 0.4) is 0 Å². The molecule has 0 aliphatic carbocycles. The van der Waals surface area contributed by atoms with Crippen LogP contribution in [0.15, 0.2) is 211 Å². The van der Waals surface area contributed by atoms with Crippen LogP contribution >= 0.6 is 107 Å². The number of hydrogen-bond donors (Lipinski definition) is 2. The number of alkyl halides is 4. The summed E-state index contributed by atoms with van der Waals surface area (Å²) in [4.78, 5) is 53.5. The molecule has 2 N–H and O–H groups in total. The van der Waals surface area contributed by atoms with Gasteiger partial charge in [0.2, 0.25) is 11.8 Å². The fourth-order valence-electron chi connectivity index (χ4n) is 7.90. The maximum atomic E-state index is 13.3. The second-order valence-electron chi connectivity index (χ2n) is 23.1. The van der Waals surface area contributed by atoms with Crippen LogP contribution in [-0.2, 0) is 62.4 Å². The maximum absolute atomic E-state index is 13.3. The molecule has 0 aliphatic rings. The Morgan fingerprint density at radius 2 is 0.716 bits per heavy atom. The molecular weight excluding hydrogens is 1640 g/mol. The smallest absolute Gasteiger partial charge is 0.744 e. The Morgan fingerprint density at radius 3 is 1.01 bits per heavy atom. The van der Waals surface area contributed by atoms with Crippen molar-refractivity contribution in [2.45, 2.75) is 134 Å². The van der Waals surface area contributed by atoms with Crippen molar-refractivity contribution in [3.63, 3.8) is 0 Å². The van der Waals surface area contributed by atoms with Gasteiger partial charge in [-0.3, -0.25) is 19.2 Å². The largest absolute Gasteiger partial charge is 1.00 e. The van der Waals surface area contributed by atoms with Crippen molar-refractivity contribution in [1.82, 2.24) is 0 Å². The van der Waals surface area contributed by atoms with Gasteiger partial charge < -0.3 is 24.3 Å². The van der Waals surface area contributed by atoms with Gasteiger partial charge in [0.1, 0.15) is 36.1 Å². The molecule has 15 nitrogen and oxygen atoms in total. The summed E-state index contributed by atoms with van der Waals surface area (Å²) in [5.74, 6) is -0.0218. The summed E-state index contributed by atoms with van der Waals surface area (Å²) >= 11 is 14.0. The molecule has 0 aliphatic heterocycles. The van der Waals surface area contributed by atoms with Crippen LogP contribution in [0, 0.1) is 10.8 Å². The van der Waals surface area contributed by atoms with E-state index in [4.69, 9.17) is 0 Å². The SMILES string of the molecule is C=Cc1ccc(S(=O)(=O)[O-])cc1.CC(C)(Br)C(=O)Cc1ccc(SSc2ccc(NC(=O)C(C)(C)Br)cc2)cc1.CC(C)(CC(Br)c1ccc(S(=O)(=O)[O-])cc1)C(=O)Cc1ccc(SSc2ccc(NC(=O)C(C)(C)CC(Br)c3ccc(S(=O)(=O)[O-])cc3)cc2)cc1.[Na+].[Na+].[Na+]. The second kappa shape index (κ2) is 39.9. The molecule has 29 heteroatoms. The van der Waals surface area contributed by atoms with E-state index in [1.54, 1.807) is 73.5 Å². The van der Waals surface area contributed by atoms with Gasteiger partial charge in [-0.15, -0.1) is 0 Å². The van der Waals surface area contributed by atoms with Crippen LogP contribution in [0.1, 0.15) is 106 Å². The van der Waals surface area contributed by atoms with Crippen molar-refractivity contribution in [2.75, 3.05) is 10.6 Å². The van der Waals surface area contributed by atoms with Crippen molar-refractivity contribution >= 4 is 178 Å². The number of ketones is 2. The number of carbonyl (C=O) groups is 4. The van der Waals surface area contributed by atoms with E-state index >= 15 is 0 Å². The number of halogens is 4. The van der Waals surface area contributed by atoms with Gasteiger partial charge in [0.05, 0.1) is 23.3 Å². The Morgan fingerprint density at radius 1 is 0.432 bits per heavy atom. The van der Waals surface area contributed by atoms with Crippen molar-refractivity contribution in [3.8, 4) is 0 Å². The number of amides is 2. The molecule has 7 rings (SSSR count). The third-order valence-electron chi connectivity index (χ3n) is 13.7. The summed E-state index contributed by atoms with van der Waals surface area (Å²) in [7, 11) is -6.92. The van der Waals surface area contributed by atoms with Crippen LogP contribution in [0.25, 0.3) is 6.08 Å². The summed E-state index contributed by atoms with van der Waals surface area (Å²) in [6, 6.07) is 48.1. The van der Waals surface area contributed by atoms with E-state index in [2.05, 4.69) is 80.9 Å². The number of carbonyl (C=O) groups excluding carboxylic acids is 4. The normalized spacial score (nSPS) is 12.4. The topological polar surface area (TPSA) is 264 Å². The third-order valence-corrected chi connectivity index (χ3v) is 23.6. The Labute approximate surface area is 674 Å². The average molecular weight is 1710 g/mol. The van der Waals surface area contributed by atoms with E-state index in [0.29, 0.717) is 24.9 Å². The molecule has 492 valence electrons. The Hall–Kier alpha value is -1.39. The molecule has 7 aromatic rings. The third kappa shape index (κ3) is 31.0. The minimum Gasteiger partial charge on any atom is -0.744 e. The monoisotopic (exact) mass is 1700 g/mol. The summed E-state index contributed by atoms with van der Waals surface area (Å²) in [5.41, 5.74) is 4.21. The van der Waals surface area contributed by atoms with E-state index in [-0.39, 0.29) is 143 Å². The molecule has 0 saturated heterocycles. The number of benzene rings is 7. The standard InChI is InChI=1S/C37H39Br2NO8S4.C21H23Br2NO2S2.C8H8O3S.3Na/c1-36(2,22-32(38)25-7-17-30(18-8-25)51(43,44)45)34(41)21-24-5-13-28(14-6-24)49-50-29-15-11-27(12-16-29)40-35(42)37(3,4)23-33(39)26-9-19-31(20-10-26)52(46,47)48;1-20(2,22)18(25)13-14-5-9-16(10-6-14)27-28-17-11-7-15(8-12-17)24-19(26)21(3,4)23;1-2-7-3-5-8(6-4-7)12(9,10)11;;;/h5-20,32-33H,21-23H2,1-4H3,(H,40,42)(H,43,44,45)(H,46,47,48);5-12H,13H2,1-4H3,(H,24,26);2-6H,1H2,(H,9,10,11);;;/q;;;3*+1/p-3. The van der Waals surface area contributed by atoms with Gasteiger partial charge in [-0.1, -0.05) is 208 Å². The number of hydrogen-bond acceptors (Lipinski definition) is 17. The zero-order chi connectivity index (χ0) is 68.6. The summed E-state index contributed by atoms with van der Waals surface area (Å²) in [5, 5.41) is 5.85. The van der Waals surface area contributed by atoms with Crippen molar-refractivity contribution in [1.29, 1.82) is 0 Å². The van der Waals surface area contributed by atoms with E-state index in [0.717, 1.165) is 53.1 Å². The Bertz CT molecular complexity index is 3810. The number of anilines is 2. The predicted molar refractivity (Wildman–Crippen MR) is 383 cm³/mol. The minimum absolute atomic E-state index is 0. The Balaban J connectivity index is 0.000000594. The molecule has 0 aromatic heterocycles. The fraction of sp³-hybridized carbons (Fsp3) is 0.273. The fourth-order valence-corrected chi connectivity index (χ4v) is 15.6. The Kier molecular flexibility index (Phi) is 37.6. The molecule has 2 unspecified atom stereocenters. The first-order valence-corrected chi connectivity index (χ1v) is 39.8. The van der Waals surface area contributed by atoms with E-state index in [1.807, 2.05) is 152 Å². The molecule has 0 saturated carbocycles. The molecule has 95 heavy (non-hydrogen) atoms. The van der Waals surface area contributed by atoms with Gasteiger partial charge in [-0.25, -0.2) is 25.3 Å². The second-order valence-corrected chi connectivity index (χ2v) is 38.0. The first kappa shape index (κ1) is 89.7. The van der Waals surface area contributed by atoms with Gasteiger partial charge in [0.15, 0.2) is 5.78 Å². The van der Waals surface area contributed by atoms with E-state index < -0.39 is 49.8 Å². The van der Waals surface area contributed by atoms with Crippen molar-refractivity contribution < 1.29 is 147 Å². The molecular formula is C66H67Br4N2Na3O13S7. The minimum atomic E-state index is -4.53. The van der Waals surface area contributed by atoms with Crippen molar-refractivity contribution in [3.05, 3.63) is 204 Å². The van der Waals surface area contributed by atoms with Crippen LogP contribution in [0.2, 0.25) is 0 Å². The van der Waals surface area contributed by atoms with Crippen LogP contribution in [0.5, 0.6) is 0 Å². The predicted octanol–water partition coefficient (Wildman–Crippen LogP) is 8.58. The van der Waals surface area contributed by atoms with Crippen LogP contribution in [0.4, 0.5) is 11.4 Å². The quantitative estimate of drug-likeness (QED) is 0.0222. The first-order valence-electron chi connectivity index (χ1n) is 27.9. The summed E-state index contributed by atoms with van der Waals surface area (Å²) in [6.07, 6.45) is 3.16. The van der Waals surface area contributed by atoms with Gasteiger partial charge >= 0.3 is 88.7 Å². The van der Waals surface area contributed by atoms with Crippen LogP contribution < -0.4 is 99.3 Å². The molecule has 2 atom stereocenters. The zero-order valence-electron chi connectivity index (χ0n) is 54.1. The van der Waals surface area contributed by atoms with Crippen molar-refractivity contribution in [2.24, 2.45) is 10.8 Å². The number of rotatable bonds is 26. The molecule has 0 spiro atoms. The number of nitrogens with one attached hydrogen (secondary N) is 2. The maximum Gasteiger partial charge on any atom is 1.00 e. The van der Waals surface area contributed by atoms with E-state index in [1.165, 1.54) is 48.5 Å². The first-order chi connectivity index (χ1) is 42.6.